The molecule has 0 aliphatic carbocycles. The van der Waals surface area contributed by atoms with E-state index >= 15 is 0 Å². The molecule has 4 N–H and O–H groups in total. The lowest BCUT2D eigenvalue weighted by molar-refractivity contribution is 0.111. The van der Waals surface area contributed by atoms with E-state index in [1.807, 2.05) is 0 Å². The summed E-state index contributed by atoms with van der Waals surface area (Å²) in [6.07, 6.45) is 0. The minimum atomic E-state index is -0.415. The first kappa shape index (κ1) is 16.4. The van der Waals surface area contributed by atoms with Crippen molar-refractivity contribution in [2.45, 2.75) is 20.4 Å². The summed E-state index contributed by atoms with van der Waals surface area (Å²) in [7, 11) is 0. The Morgan fingerprint density at radius 2 is 2.20 bits per heavy atom. The molecule has 0 radical (unpaired) electrons. The Balaban J connectivity index is 2.42. The molecule has 5 nitrogen and oxygen atoms in total. The molecule has 0 bridgehead atoms. The molecule has 0 fully saturated rings. The van der Waals surface area contributed by atoms with Crippen molar-refractivity contribution in [2.24, 2.45) is 16.8 Å². The van der Waals surface area contributed by atoms with Crippen LogP contribution in [0.3, 0.4) is 0 Å². The van der Waals surface area contributed by atoms with Crippen LogP contribution >= 0.6 is 0 Å². The fraction of sp³-hybridized carbons (Fsp3) is 0.500. The molecule has 1 aromatic carbocycles. The third kappa shape index (κ3) is 5.99. The van der Waals surface area contributed by atoms with E-state index in [4.69, 9.17) is 15.7 Å². The van der Waals surface area contributed by atoms with Crippen LogP contribution in [-0.2, 0) is 11.3 Å². The Kier molecular flexibility index (Phi) is 6.97. The molecule has 1 rings (SSSR count). The number of nitrogens with two attached hydrogens (primary N) is 1. The van der Waals surface area contributed by atoms with Gasteiger partial charge in [0.25, 0.3) is 0 Å². The third-order valence-corrected chi connectivity index (χ3v) is 2.56. The molecule has 0 heterocycles. The van der Waals surface area contributed by atoms with Crippen LogP contribution in [0.1, 0.15) is 25.0 Å². The van der Waals surface area contributed by atoms with E-state index in [1.165, 1.54) is 12.1 Å². The second-order valence-corrected chi connectivity index (χ2v) is 4.98. The van der Waals surface area contributed by atoms with Crippen LogP contribution in [0.15, 0.2) is 23.4 Å². The molecule has 0 unspecified atom stereocenters. The molecule has 112 valence electrons. The van der Waals surface area contributed by atoms with Crippen LogP contribution in [0, 0.1) is 11.7 Å². The molecule has 6 heteroatoms. The number of nitrogens with zero attached hydrogens (tertiary/aromatic N) is 1. The van der Waals surface area contributed by atoms with Crippen molar-refractivity contribution in [1.29, 1.82) is 0 Å². The van der Waals surface area contributed by atoms with Gasteiger partial charge in [0.1, 0.15) is 5.82 Å². The summed E-state index contributed by atoms with van der Waals surface area (Å²) in [6, 6.07) is 4.32. The summed E-state index contributed by atoms with van der Waals surface area (Å²) >= 11 is 0. The standard InChI is InChI=1S/C14H22FN3O2/c1-10(2)9-20-4-3-17-8-11-5-12(14(16)18-19)7-13(15)6-11/h5-7,10,17,19H,3-4,8-9H2,1-2H3,(H2,16,18). The molecular formula is C14H22FN3O2. The van der Waals surface area contributed by atoms with Gasteiger partial charge in [-0.1, -0.05) is 19.0 Å². The third-order valence-electron chi connectivity index (χ3n) is 2.56. The Morgan fingerprint density at radius 1 is 1.45 bits per heavy atom. The molecule has 0 atom stereocenters. The minimum absolute atomic E-state index is 0.106. The highest BCUT2D eigenvalue weighted by molar-refractivity contribution is 5.97. The van der Waals surface area contributed by atoms with Gasteiger partial charge in [0.2, 0.25) is 0 Å². The quantitative estimate of drug-likeness (QED) is 0.223. The van der Waals surface area contributed by atoms with E-state index in [0.29, 0.717) is 31.2 Å². The van der Waals surface area contributed by atoms with E-state index in [1.54, 1.807) is 6.07 Å². The molecule has 0 saturated heterocycles. The number of oxime groups is 1. The van der Waals surface area contributed by atoms with E-state index in [0.717, 1.165) is 12.2 Å². The minimum Gasteiger partial charge on any atom is -0.409 e. The van der Waals surface area contributed by atoms with Crippen molar-refractivity contribution in [3.05, 3.63) is 35.1 Å². The number of amidine groups is 1. The van der Waals surface area contributed by atoms with E-state index in [2.05, 4.69) is 24.3 Å². The van der Waals surface area contributed by atoms with Crippen molar-refractivity contribution < 1.29 is 14.3 Å². The van der Waals surface area contributed by atoms with Gasteiger partial charge in [0.05, 0.1) is 6.61 Å². The van der Waals surface area contributed by atoms with Gasteiger partial charge in [-0.3, -0.25) is 0 Å². The largest absolute Gasteiger partial charge is 0.409 e. The van der Waals surface area contributed by atoms with Gasteiger partial charge in [-0.15, -0.1) is 0 Å². The summed E-state index contributed by atoms with van der Waals surface area (Å²) in [6.45, 7) is 6.70. The van der Waals surface area contributed by atoms with Crippen molar-refractivity contribution >= 4 is 5.84 Å². The zero-order valence-corrected chi connectivity index (χ0v) is 11.9. The van der Waals surface area contributed by atoms with Crippen LogP contribution in [0.5, 0.6) is 0 Å². The van der Waals surface area contributed by atoms with Crippen LogP contribution in [0.2, 0.25) is 0 Å². The predicted octanol–water partition coefficient (Wildman–Crippen LogP) is 1.68. The SMILES string of the molecule is CC(C)COCCNCc1cc(F)cc(/C(N)=N/O)c1. The summed E-state index contributed by atoms with van der Waals surface area (Å²) in [4.78, 5) is 0. The fourth-order valence-electron chi connectivity index (χ4n) is 1.65. The number of hydrogen-bond acceptors (Lipinski definition) is 4. The molecule has 0 aliphatic heterocycles. The molecule has 1 aromatic rings. The van der Waals surface area contributed by atoms with Gasteiger partial charge in [-0.2, -0.15) is 0 Å². The van der Waals surface area contributed by atoms with Crippen molar-refractivity contribution in [2.75, 3.05) is 19.8 Å². The molecule has 20 heavy (non-hydrogen) atoms. The summed E-state index contributed by atoms with van der Waals surface area (Å²) in [5.74, 6) is -0.00510. The number of nitrogens with one attached hydrogen (secondary N) is 1. The smallest absolute Gasteiger partial charge is 0.170 e. The van der Waals surface area contributed by atoms with E-state index in [9.17, 15) is 4.39 Å². The number of halogens is 1. The maximum atomic E-state index is 13.4. The molecular weight excluding hydrogens is 261 g/mol. The van der Waals surface area contributed by atoms with Crippen LogP contribution in [-0.4, -0.2) is 30.8 Å². The molecule has 0 amide bonds. The topological polar surface area (TPSA) is 79.9 Å². The Hall–Kier alpha value is -1.66. The van der Waals surface area contributed by atoms with Gasteiger partial charge >= 0.3 is 0 Å². The number of benzene rings is 1. The predicted molar refractivity (Wildman–Crippen MR) is 76.3 cm³/mol. The van der Waals surface area contributed by atoms with Crippen LogP contribution < -0.4 is 11.1 Å². The number of rotatable bonds is 8. The number of ether oxygens (including phenoxy) is 1. The van der Waals surface area contributed by atoms with Gasteiger partial charge < -0.3 is 21.0 Å². The zero-order chi connectivity index (χ0) is 15.0. The maximum Gasteiger partial charge on any atom is 0.170 e. The van der Waals surface area contributed by atoms with E-state index in [-0.39, 0.29) is 5.84 Å². The lowest BCUT2D eigenvalue weighted by Crippen LogP contribution is -2.21. The highest BCUT2D eigenvalue weighted by Crippen LogP contribution is 2.09. The van der Waals surface area contributed by atoms with Gasteiger partial charge in [-0.05, 0) is 29.7 Å². The second kappa shape index (κ2) is 8.50. The van der Waals surface area contributed by atoms with Crippen molar-refractivity contribution in [1.82, 2.24) is 5.32 Å². The lowest BCUT2D eigenvalue weighted by Gasteiger charge is -2.09. The lowest BCUT2D eigenvalue weighted by atomic mass is 10.1. The Labute approximate surface area is 118 Å². The molecule has 0 spiro atoms. The normalized spacial score (nSPS) is 12.1. The second-order valence-electron chi connectivity index (χ2n) is 4.98. The van der Waals surface area contributed by atoms with Gasteiger partial charge in [0, 0.05) is 25.3 Å². The summed E-state index contributed by atoms with van der Waals surface area (Å²) < 4.78 is 18.8. The van der Waals surface area contributed by atoms with Crippen molar-refractivity contribution in [3.63, 3.8) is 0 Å². The fourth-order valence-corrected chi connectivity index (χ4v) is 1.65. The van der Waals surface area contributed by atoms with Crippen LogP contribution in [0.25, 0.3) is 0 Å². The molecule has 0 aromatic heterocycles. The highest BCUT2D eigenvalue weighted by Gasteiger charge is 2.04. The van der Waals surface area contributed by atoms with Crippen LogP contribution in [0.4, 0.5) is 4.39 Å². The maximum absolute atomic E-state index is 13.4. The molecule has 0 saturated carbocycles. The zero-order valence-electron chi connectivity index (χ0n) is 11.9. The van der Waals surface area contributed by atoms with Gasteiger partial charge in [0.15, 0.2) is 5.84 Å². The average Bonchev–Trinajstić information content (AvgIpc) is 2.40. The van der Waals surface area contributed by atoms with Crippen molar-refractivity contribution in [3.8, 4) is 0 Å². The molecule has 0 aliphatic rings. The first-order valence-corrected chi connectivity index (χ1v) is 6.58. The Morgan fingerprint density at radius 3 is 2.85 bits per heavy atom. The van der Waals surface area contributed by atoms with E-state index < -0.39 is 5.82 Å². The first-order chi connectivity index (χ1) is 9.52. The number of hydrogen-bond donors (Lipinski definition) is 3. The Bertz CT molecular complexity index is 450. The average molecular weight is 283 g/mol. The van der Waals surface area contributed by atoms with Gasteiger partial charge in [-0.25, -0.2) is 4.39 Å². The summed E-state index contributed by atoms with van der Waals surface area (Å²) in [5.41, 5.74) is 6.54. The summed E-state index contributed by atoms with van der Waals surface area (Å²) in [5, 5.41) is 14.6. The first-order valence-electron chi connectivity index (χ1n) is 6.58. The highest BCUT2D eigenvalue weighted by atomic mass is 19.1. The monoisotopic (exact) mass is 283 g/mol.